The van der Waals surface area contributed by atoms with Gasteiger partial charge in [0.1, 0.15) is 12.2 Å². The van der Waals surface area contributed by atoms with Crippen LogP contribution < -0.4 is 0 Å². The fraction of sp³-hybridized carbons (Fsp3) is 0.400. The number of nitrogens with zero attached hydrogens (tertiary/aromatic N) is 3. The second-order valence-corrected chi connectivity index (χ2v) is 11.1. The van der Waals surface area contributed by atoms with Gasteiger partial charge in [-0.1, -0.05) is 53.7 Å². The van der Waals surface area contributed by atoms with E-state index in [1.165, 1.54) is 11.0 Å². The maximum atomic E-state index is 13.7. The molecule has 5 rings (SSSR count). The lowest BCUT2D eigenvalue weighted by Gasteiger charge is -2.39. The molecule has 2 aliphatic rings. The van der Waals surface area contributed by atoms with E-state index < -0.39 is 29.8 Å². The first-order valence-corrected chi connectivity index (χ1v) is 13.4. The lowest BCUT2D eigenvalue weighted by Crippen LogP contribution is -2.52. The number of benzene rings is 2. The smallest absolute Gasteiger partial charge is 0.410 e. The highest BCUT2D eigenvalue weighted by Crippen LogP contribution is 2.44. The molecule has 10 nitrogen and oxygen atoms in total. The number of likely N-dealkylation sites (tertiary alicyclic amines) is 1. The summed E-state index contributed by atoms with van der Waals surface area (Å²) in [5.74, 6) is -1.14. The van der Waals surface area contributed by atoms with E-state index in [2.05, 4.69) is 17.3 Å². The van der Waals surface area contributed by atoms with Crippen LogP contribution in [-0.2, 0) is 16.0 Å². The van der Waals surface area contributed by atoms with Crippen molar-refractivity contribution in [3.63, 3.8) is 0 Å². The molecular formula is C30H33N3O7. The molecule has 3 aromatic rings. The second-order valence-electron chi connectivity index (χ2n) is 11.1. The van der Waals surface area contributed by atoms with Crippen LogP contribution in [0.3, 0.4) is 0 Å². The monoisotopic (exact) mass is 547 g/mol. The second kappa shape index (κ2) is 11.0. The van der Waals surface area contributed by atoms with Crippen LogP contribution in [0.1, 0.15) is 66.9 Å². The van der Waals surface area contributed by atoms with Crippen LogP contribution in [0.5, 0.6) is 0 Å². The maximum Gasteiger partial charge on any atom is 0.410 e. The summed E-state index contributed by atoms with van der Waals surface area (Å²) in [5, 5.41) is 12.8. The molecule has 1 aliphatic heterocycles. The number of piperidine rings is 1. The Labute approximate surface area is 232 Å². The van der Waals surface area contributed by atoms with Gasteiger partial charge in [-0.25, -0.2) is 14.4 Å². The van der Waals surface area contributed by atoms with Crippen molar-refractivity contribution in [1.82, 2.24) is 15.0 Å². The van der Waals surface area contributed by atoms with Crippen LogP contribution in [0.15, 0.2) is 59.1 Å². The predicted octanol–water partition coefficient (Wildman–Crippen LogP) is 5.52. The molecule has 0 saturated carbocycles. The van der Waals surface area contributed by atoms with E-state index in [1.807, 2.05) is 36.4 Å². The van der Waals surface area contributed by atoms with Crippen molar-refractivity contribution in [2.75, 3.05) is 19.7 Å². The van der Waals surface area contributed by atoms with Gasteiger partial charge in [0.2, 0.25) is 0 Å². The number of fused-ring (bicyclic) bond motifs is 3. The van der Waals surface area contributed by atoms with Gasteiger partial charge in [0.15, 0.2) is 11.5 Å². The van der Waals surface area contributed by atoms with Gasteiger partial charge in [-0.05, 0) is 55.9 Å². The molecule has 2 amide bonds. The fourth-order valence-electron chi connectivity index (χ4n) is 5.38. The topological polar surface area (TPSA) is 122 Å². The van der Waals surface area contributed by atoms with Gasteiger partial charge in [-0.15, -0.1) is 0 Å². The summed E-state index contributed by atoms with van der Waals surface area (Å²) in [6.07, 6.45) is 0.265. The molecule has 40 heavy (non-hydrogen) atoms. The van der Waals surface area contributed by atoms with Crippen LogP contribution in [0, 0.1) is 0 Å². The van der Waals surface area contributed by atoms with Crippen molar-refractivity contribution in [3.05, 3.63) is 77.2 Å². The summed E-state index contributed by atoms with van der Waals surface area (Å²) in [5.41, 5.74) is 3.54. The molecule has 1 atom stereocenters. The van der Waals surface area contributed by atoms with Crippen LogP contribution in [-0.4, -0.2) is 69.6 Å². The number of ether oxygens (including phenoxy) is 2. The molecule has 1 saturated heterocycles. The molecule has 1 aliphatic carbocycles. The average Bonchev–Trinajstić information content (AvgIpc) is 3.53. The number of hydrogen-bond donors (Lipinski definition) is 1. The van der Waals surface area contributed by atoms with E-state index in [4.69, 9.17) is 14.0 Å². The van der Waals surface area contributed by atoms with E-state index in [0.29, 0.717) is 19.4 Å². The number of carboxylic acids is 1. The number of carboxylic acid groups (broad SMARTS) is 1. The van der Waals surface area contributed by atoms with Crippen molar-refractivity contribution in [2.45, 2.75) is 57.7 Å². The molecule has 0 bridgehead atoms. The third-order valence-corrected chi connectivity index (χ3v) is 7.16. The van der Waals surface area contributed by atoms with Gasteiger partial charge in [0.25, 0.3) is 0 Å². The van der Waals surface area contributed by atoms with Crippen molar-refractivity contribution >= 4 is 18.2 Å². The van der Waals surface area contributed by atoms with Crippen molar-refractivity contribution in [3.8, 4) is 11.1 Å². The third kappa shape index (κ3) is 5.80. The maximum absolute atomic E-state index is 13.7. The number of hydrogen-bond acceptors (Lipinski definition) is 7. The Morgan fingerprint density at radius 2 is 1.73 bits per heavy atom. The summed E-state index contributed by atoms with van der Waals surface area (Å²) < 4.78 is 16.7. The Morgan fingerprint density at radius 3 is 2.33 bits per heavy atom. The number of rotatable bonds is 6. The van der Waals surface area contributed by atoms with E-state index in [0.717, 1.165) is 22.3 Å². The molecule has 2 aromatic carbocycles. The van der Waals surface area contributed by atoms with Crippen LogP contribution in [0.4, 0.5) is 9.59 Å². The van der Waals surface area contributed by atoms with Crippen LogP contribution in [0.25, 0.3) is 11.1 Å². The van der Waals surface area contributed by atoms with Gasteiger partial charge >= 0.3 is 18.2 Å². The molecule has 0 spiro atoms. The van der Waals surface area contributed by atoms with Gasteiger partial charge in [-0.3, -0.25) is 4.90 Å². The van der Waals surface area contributed by atoms with E-state index in [-0.39, 0.29) is 37.1 Å². The van der Waals surface area contributed by atoms with E-state index >= 15 is 0 Å². The minimum absolute atomic E-state index is 0.0518. The summed E-state index contributed by atoms with van der Waals surface area (Å²) in [6, 6.07) is 17.1. The lowest BCUT2D eigenvalue weighted by atomic mass is 9.98. The number of carbonyl (C=O) groups excluding carboxylic acids is 2. The van der Waals surface area contributed by atoms with Crippen molar-refractivity contribution < 1.29 is 33.5 Å². The minimum Gasteiger partial charge on any atom is -0.476 e. The minimum atomic E-state index is -1.23. The highest BCUT2D eigenvalue weighted by molar-refractivity contribution is 5.85. The number of aromatic carboxylic acids is 1. The molecule has 210 valence electrons. The van der Waals surface area contributed by atoms with Gasteiger partial charge in [0, 0.05) is 25.1 Å². The Kier molecular flexibility index (Phi) is 7.51. The largest absolute Gasteiger partial charge is 0.476 e. The first-order chi connectivity index (χ1) is 19.1. The van der Waals surface area contributed by atoms with Crippen molar-refractivity contribution in [2.24, 2.45) is 0 Å². The molecule has 2 heterocycles. The normalized spacial score (nSPS) is 16.7. The van der Waals surface area contributed by atoms with Crippen molar-refractivity contribution in [1.29, 1.82) is 0 Å². The van der Waals surface area contributed by atoms with E-state index in [9.17, 15) is 19.5 Å². The Balaban J connectivity index is 1.36. The number of aromatic nitrogens is 1. The zero-order valence-electron chi connectivity index (χ0n) is 22.8. The highest BCUT2D eigenvalue weighted by Gasteiger charge is 2.35. The molecule has 0 unspecified atom stereocenters. The van der Waals surface area contributed by atoms with Crippen LogP contribution >= 0.6 is 0 Å². The average molecular weight is 548 g/mol. The summed E-state index contributed by atoms with van der Waals surface area (Å²) in [6.45, 7) is 6.25. The Bertz CT molecular complexity index is 1360. The zero-order valence-corrected chi connectivity index (χ0v) is 22.8. The number of carbonyl (C=O) groups is 3. The number of amides is 2. The van der Waals surface area contributed by atoms with Gasteiger partial charge < -0.3 is 24.0 Å². The molecule has 1 fully saturated rings. The quantitative estimate of drug-likeness (QED) is 0.428. The molecular weight excluding hydrogens is 514 g/mol. The van der Waals surface area contributed by atoms with E-state index in [1.54, 1.807) is 25.7 Å². The van der Waals surface area contributed by atoms with Crippen LogP contribution in [0.2, 0.25) is 0 Å². The fourth-order valence-corrected chi connectivity index (χ4v) is 5.38. The first kappa shape index (κ1) is 27.2. The third-order valence-electron chi connectivity index (χ3n) is 7.16. The molecule has 0 radical (unpaired) electrons. The Morgan fingerprint density at radius 1 is 1.07 bits per heavy atom. The standard InChI is InChI=1S/C30H33N3O7/c1-30(2,3)39-28(36)32-14-8-9-19(16-32)33(17-20-15-26(27(34)35)31-40-20)29(37)38-18-25-23-12-6-4-10-21(23)22-11-5-7-13-24(22)25/h4-7,10-13,15,19,25H,8-9,14,16-18H2,1-3H3,(H,34,35)/t19-/m0/s1. The SMILES string of the molecule is CC(C)(C)OC(=O)N1CCC[C@H](N(Cc2cc(C(=O)O)no2)C(=O)OCC2c3ccccc3-c3ccccc32)C1. The first-order valence-electron chi connectivity index (χ1n) is 13.4. The molecule has 1 aromatic heterocycles. The highest BCUT2D eigenvalue weighted by atomic mass is 16.6. The molecule has 10 heteroatoms. The van der Waals surface area contributed by atoms with Gasteiger partial charge in [0.05, 0.1) is 12.6 Å². The zero-order chi connectivity index (χ0) is 28.4. The Hall–Kier alpha value is -4.34. The lowest BCUT2D eigenvalue weighted by molar-refractivity contribution is 0.00719. The summed E-state index contributed by atoms with van der Waals surface area (Å²) in [7, 11) is 0. The summed E-state index contributed by atoms with van der Waals surface area (Å²) in [4.78, 5) is 40.9. The molecule has 1 N–H and O–H groups in total. The predicted molar refractivity (Wildman–Crippen MR) is 145 cm³/mol. The van der Waals surface area contributed by atoms with Gasteiger partial charge in [-0.2, -0.15) is 0 Å². The summed E-state index contributed by atoms with van der Waals surface area (Å²) >= 11 is 0.